The molecule has 1 amide bonds. The molecule has 6 nitrogen and oxygen atoms in total. The van der Waals surface area contributed by atoms with E-state index in [9.17, 15) is 4.79 Å². The molecular formula is C21H22ClN5O. The maximum atomic E-state index is 12.5. The third-order valence-corrected chi connectivity index (χ3v) is 5.74. The molecule has 1 saturated carbocycles. The summed E-state index contributed by atoms with van der Waals surface area (Å²) in [4.78, 5) is 19.4. The lowest BCUT2D eigenvalue weighted by atomic mass is 9.97. The van der Waals surface area contributed by atoms with Crippen molar-refractivity contribution in [2.24, 2.45) is 5.92 Å². The van der Waals surface area contributed by atoms with Crippen molar-refractivity contribution in [3.8, 4) is 11.3 Å². The second-order valence-electron chi connectivity index (χ2n) is 7.69. The zero-order valence-electron chi connectivity index (χ0n) is 15.5. The smallest absolute Gasteiger partial charge is 0.225 e. The van der Waals surface area contributed by atoms with Gasteiger partial charge in [-0.15, -0.1) is 0 Å². The standard InChI is InChI=1S/C21H22ClN5O/c22-16-5-1-3-14(11-16)18-12-19-20(23-8-10-27(19)25-18)26-9-2-4-15(13-26)21(28)24-17-6-7-17/h1,3,5,8,10-12,15,17H,2,4,6-7,9,13H2,(H,24,28). The average Bonchev–Trinajstić information content (AvgIpc) is 3.41. The molecule has 2 aromatic heterocycles. The van der Waals surface area contributed by atoms with Crippen molar-refractivity contribution in [1.29, 1.82) is 0 Å². The molecule has 1 unspecified atom stereocenters. The summed E-state index contributed by atoms with van der Waals surface area (Å²) in [7, 11) is 0. The van der Waals surface area contributed by atoms with Crippen molar-refractivity contribution >= 4 is 28.8 Å². The summed E-state index contributed by atoms with van der Waals surface area (Å²) in [6.45, 7) is 1.60. The molecule has 5 rings (SSSR count). The van der Waals surface area contributed by atoms with Crippen LogP contribution >= 0.6 is 11.6 Å². The van der Waals surface area contributed by atoms with Crippen molar-refractivity contribution in [1.82, 2.24) is 19.9 Å². The summed E-state index contributed by atoms with van der Waals surface area (Å²) in [6.07, 6.45) is 7.78. The Kier molecular flexibility index (Phi) is 4.43. The highest BCUT2D eigenvalue weighted by atomic mass is 35.5. The lowest BCUT2D eigenvalue weighted by Gasteiger charge is -2.33. The van der Waals surface area contributed by atoms with Crippen LogP contribution in [0.5, 0.6) is 0 Å². The molecule has 1 saturated heterocycles. The van der Waals surface area contributed by atoms with Crippen molar-refractivity contribution in [2.45, 2.75) is 31.7 Å². The van der Waals surface area contributed by atoms with Gasteiger partial charge in [-0.05, 0) is 43.9 Å². The van der Waals surface area contributed by atoms with Crippen LogP contribution in [-0.4, -0.2) is 39.6 Å². The van der Waals surface area contributed by atoms with E-state index < -0.39 is 0 Å². The predicted octanol–water partition coefficient (Wildman–Crippen LogP) is 3.54. The van der Waals surface area contributed by atoms with Crippen LogP contribution in [0, 0.1) is 5.92 Å². The van der Waals surface area contributed by atoms with Gasteiger partial charge in [0.15, 0.2) is 5.82 Å². The zero-order valence-corrected chi connectivity index (χ0v) is 16.3. The minimum atomic E-state index is 0.0201. The number of hydrogen-bond acceptors (Lipinski definition) is 4. The minimum Gasteiger partial charge on any atom is -0.354 e. The lowest BCUT2D eigenvalue weighted by Crippen LogP contribution is -2.44. The number of nitrogens with zero attached hydrogens (tertiary/aromatic N) is 4. The van der Waals surface area contributed by atoms with E-state index in [0.29, 0.717) is 17.6 Å². The molecule has 28 heavy (non-hydrogen) atoms. The molecule has 1 N–H and O–H groups in total. The Morgan fingerprint density at radius 1 is 1.21 bits per heavy atom. The highest BCUT2D eigenvalue weighted by Gasteiger charge is 2.31. The maximum Gasteiger partial charge on any atom is 0.225 e. The van der Waals surface area contributed by atoms with Crippen molar-refractivity contribution in [3.05, 3.63) is 47.7 Å². The van der Waals surface area contributed by atoms with Crippen LogP contribution in [0.4, 0.5) is 5.82 Å². The van der Waals surface area contributed by atoms with Gasteiger partial charge in [0.05, 0.1) is 11.6 Å². The molecule has 0 radical (unpaired) electrons. The van der Waals surface area contributed by atoms with Gasteiger partial charge in [-0.25, -0.2) is 9.50 Å². The second-order valence-corrected chi connectivity index (χ2v) is 8.13. The molecule has 7 heteroatoms. The number of piperidine rings is 1. The number of fused-ring (bicyclic) bond motifs is 1. The summed E-state index contributed by atoms with van der Waals surface area (Å²) >= 11 is 6.14. The first-order valence-corrected chi connectivity index (χ1v) is 10.2. The van der Waals surface area contributed by atoms with E-state index in [-0.39, 0.29) is 11.8 Å². The Labute approximate surface area is 168 Å². The van der Waals surface area contributed by atoms with E-state index in [2.05, 4.69) is 15.2 Å². The number of rotatable bonds is 4. The summed E-state index contributed by atoms with van der Waals surface area (Å²) in [5, 5.41) is 8.53. The molecule has 2 aliphatic rings. The molecule has 2 fully saturated rings. The Morgan fingerprint density at radius 3 is 2.93 bits per heavy atom. The number of halogens is 1. The molecule has 1 atom stereocenters. The van der Waals surface area contributed by atoms with Crippen molar-refractivity contribution in [3.63, 3.8) is 0 Å². The van der Waals surface area contributed by atoms with Gasteiger partial charge < -0.3 is 10.2 Å². The number of nitrogens with one attached hydrogen (secondary N) is 1. The van der Waals surface area contributed by atoms with E-state index in [1.807, 2.05) is 41.0 Å². The normalized spacial score (nSPS) is 19.8. The van der Waals surface area contributed by atoms with E-state index in [4.69, 9.17) is 16.7 Å². The third-order valence-electron chi connectivity index (χ3n) is 5.51. The first-order chi connectivity index (χ1) is 13.7. The second kappa shape index (κ2) is 7.09. The lowest BCUT2D eigenvalue weighted by molar-refractivity contribution is -0.125. The van der Waals surface area contributed by atoms with Gasteiger partial charge in [0.1, 0.15) is 5.52 Å². The maximum absolute atomic E-state index is 12.5. The van der Waals surface area contributed by atoms with Gasteiger partial charge in [0.25, 0.3) is 0 Å². The highest BCUT2D eigenvalue weighted by Crippen LogP contribution is 2.29. The van der Waals surface area contributed by atoms with Crippen LogP contribution in [0.25, 0.3) is 16.8 Å². The number of amides is 1. The van der Waals surface area contributed by atoms with Crippen LogP contribution in [0.2, 0.25) is 5.02 Å². The largest absolute Gasteiger partial charge is 0.354 e. The fraction of sp³-hybridized carbons (Fsp3) is 0.381. The average molecular weight is 396 g/mol. The van der Waals surface area contributed by atoms with Gasteiger partial charge in [0, 0.05) is 42.1 Å². The highest BCUT2D eigenvalue weighted by molar-refractivity contribution is 6.30. The van der Waals surface area contributed by atoms with Crippen LogP contribution in [0.3, 0.4) is 0 Å². The Morgan fingerprint density at radius 2 is 2.11 bits per heavy atom. The van der Waals surface area contributed by atoms with Crippen LogP contribution in [-0.2, 0) is 4.79 Å². The van der Waals surface area contributed by atoms with Crippen LogP contribution in [0.1, 0.15) is 25.7 Å². The number of carbonyl (C=O) groups is 1. The Hall–Kier alpha value is -2.60. The molecule has 1 aliphatic heterocycles. The van der Waals surface area contributed by atoms with E-state index in [1.54, 1.807) is 6.20 Å². The van der Waals surface area contributed by atoms with E-state index in [1.165, 1.54) is 0 Å². The van der Waals surface area contributed by atoms with Crippen LogP contribution in [0.15, 0.2) is 42.7 Å². The molecule has 1 aromatic carbocycles. The van der Waals surface area contributed by atoms with Gasteiger partial charge in [-0.2, -0.15) is 5.10 Å². The fourth-order valence-electron chi connectivity index (χ4n) is 3.87. The van der Waals surface area contributed by atoms with Crippen molar-refractivity contribution < 1.29 is 4.79 Å². The number of carbonyl (C=O) groups excluding carboxylic acids is 1. The molecular weight excluding hydrogens is 374 g/mol. The fourth-order valence-corrected chi connectivity index (χ4v) is 4.06. The van der Waals surface area contributed by atoms with Gasteiger partial charge in [-0.3, -0.25) is 4.79 Å². The third kappa shape index (κ3) is 3.44. The Bertz CT molecular complexity index is 1030. The number of hydrogen-bond donors (Lipinski definition) is 1. The summed E-state index contributed by atoms with van der Waals surface area (Å²) in [5.41, 5.74) is 2.78. The molecule has 1 aliphatic carbocycles. The number of benzene rings is 1. The van der Waals surface area contributed by atoms with Gasteiger partial charge in [-0.1, -0.05) is 23.7 Å². The summed E-state index contributed by atoms with van der Waals surface area (Å²) < 4.78 is 1.85. The minimum absolute atomic E-state index is 0.0201. The van der Waals surface area contributed by atoms with Gasteiger partial charge in [0.2, 0.25) is 5.91 Å². The van der Waals surface area contributed by atoms with E-state index >= 15 is 0 Å². The zero-order chi connectivity index (χ0) is 19.1. The Balaban J connectivity index is 1.44. The predicted molar refractivity (Wildman–Crippen MR) is 110 cm³/mol. The number of anilines is 1. The van der Waals surface area contributed by atoms with E-state index in [0.717, 1.165) is 54.8 Å². The van der Waals surface area contributed by atoms with Crippen molar-refractivity contribution in [2.75, 3.05) is 18.0 Å². The first kappa shape index (κ1) is 17.5. The molecule has 3 aromatic rings. The number of aromatic nitrogens is 3. The first-order valence-electron chi connectivity index (χ1n) is 9.83. The quantitative estimate of drug-likeness (QED) is 0.733. The molecule has 3 heterocycles. The SMILES string of the molecule is O=C(NC1CC1)C1CCCN(c2nccn3nc(-c4cccc(Cl)c4)cc23)C1. The van der Waals surface area contributed by atoms with Gasteiger partial charge >= 0.3 is 0 Å². The molecule has 144 valence electrons. The van der Waals surface area contributed by atoms with Crippen LogP contribution < -0.4 is 10.2 Å². The topological polar surface area (TPSA) is 62.5 Å². The summed E-state index contributed by atoms with van der Waals surface area (Å²) in [5.74, 6) is 1.09. The summed E-state index contributed by atoms with van der Waals surface area (Å²) in [6, 6.07) is 10.1. The monoisotopic (exact) mass is 395 g/mol. The molecule has 0 bridgehead atoms. The molecule has 0 spiro atoms.